The molecule has 1 aromatic rings. The maximum atomic E-state index is 14.2. The van der Waals surface area contributed by atoms with E-state index in [0.29, 0.717) is 24.1 Å². The zero-order valence-electron chi connectivity index (χ0n) is 11.3. The molecule has 1 amide bonds. The fraction of sp³-hybridized carbons (Fsp3) is 0.533. The Morgan fingerprint density at radius 3 is 2.75 bits per heavy atom. The van der Waals surface area contributed by atoms with Crippen LogP contribution in [0, 0.1) is 11.7 Å². The molecule has 2 heterocycles. The zero-order valence-corrected chi connectivity index (χ0v) is 11.3. The fourth-order valence-corrected chi connectivity index (χ4v) is 3.06. The van der Waals surface area contributed by atoms with Crippen LogP contribution in [0.5, 0.6) is 0 Å². The molecule has 0 spiro atoms. The highest BCUT2D eigenvalue weighted by atomic mass is 19.1. The van der Waals surface area contributed by atoms with E-state index in [2.05, 4.69) is 10.6 Å². The number of carbonyl (C=O) groups excluding carboxylic acids is 1. The van der Waals surface area contributed by atoms with Crippen LogP contribution in [0.25, 0.3) is 0 Å². The number of piperidine rings is 1. The lowest BCUT2D eigenvalue weighted by Gasteiger charge is -2.28. The fourth-order valence-electron chi connectivity index (χ4n) is 3.06. The van der Waals surface area contributed by atoms with Gasteiger partial charge in [-0.3, -0.25) is 4.79 Å². The van der Waals surface area contributed by atoms with Gasteiger partial charge < -0.3 is 15.7 Å². The number of rotatable bonds is 2. The maximum Gasteiger partial charge on any atom is 0.224 e. The van der Waals surface area contributed by atoms with E-state index in [0.717, 1.165) is 31.5 Å². The summed E-state index contributed by atoms with van der Waals surface area (Å²) in [5.74, 6) is -0.414. The number of nitrogens with one attached hydrogen (secondary N) is 2. The predicted octanol–water partition coefficient (Wildman–Crippen LogP) is 1.74. The van der Waals surface area contributed by atoms with E-state index in [1.54, 1.807) is 6.07 Å². The van der Waals surface area contributed by atoms with Crippen LogP contribution >= 0.6 is 0 Å². The average Bonchev–Trinajstić information content (AvgIpc) is 2.46. The van der Waals surface area contributed by atoms with E-state index >= 15 is 0 Å². The Hall–Kier alpha value is -1.46. The SMILES string of the molecule is O=C1CCc2cc(C(O)C3CCNCC3)c(F)cc2N1. The minimum atomic E-state index is -0.764. The molecule has 1 saturated heterocycles. The van der Waals surface area contributed by atoms with Crippen LogP contribution in [-0.2, 0) is 11.2 Å². The first-order chi connectivity index (χ1) is 9.65. The second kappa shape index (κ2) is 5.50. The first kappa shape index (κ1) is 13.5. The Balaban J connectivity index is 1.87. The molecular formula is C15H19FN2O2. The largest absolute Gasteiger partial charge is 0.388 e. The van der Waals surface area contributed by atoms with Gasteiger partial charge in [0.2, 0.25) is 5.91 Å². The minimum Gasteiger partial charge on any atom is -0.388 e. The number of amides is 1. The standard InChI is InChI=1S/C15H19FN2O2/c16-12-8-13-10(1-2-14(19)18-13)7-11(12)15(20)9-3-5-17-6-4-9/h7-9,15,17,20H,1-6H2,(H,18,19). The van der Waals surface area contributed by atoms with Crippen molar-refractivity contribution in [2.75, 3.05) is 18.4 Å². The molecule has 20 heavy (non-hydrogen) atoms. The van der Waals surface area contributed by atoms with E-state index in [4.69, 9.17) is 0 Å². The van der Waals surface area contributed by atoms with Crippen molar-refractivity contribution in [3.63, 3.8) is 0 Å². The molecule has 0 bridgehead atoms. The van der Waals surface area contributed by atoms with E-state index in [1.165, 1.54) is 6.07 Å². The molecule has 0 aliphatic carbocycles. The molecule has 0 saturated carbocycles. The number of aryl methyl sites for hydroxylation is 1. The van der Waals surface area contributed by atoms with Gasteiger partial charge in [-0.25, -0.2) is 4.39 Å². The van der Waals surface area contributed by atoms with Crippen LogP contribution in [0.2, 0.25) is 0 Å². The molecule has 0 radical (unpaired) electrons. The number of carbonyl (C=O) groups is 1. The van der Waals surface area contributed by atoms with Crippen LogP contribution in [0.3, 0.4) is 0 Å². The van der Waals surface area contributed by atoms with Gasteiger partial charge >= 0.3 is 0 Å². The molecule has 3 N–H and O–H groups in total. The zero-order chi connectivity index (χ0) is 14.1. The number of hydrogen-bond acceptors (Lipinski definition) is 3. The highest BCUT2D eigenvalue weighted by molar-refractivity contribution is 5.93. The number of hydrogen-bond donors (Lipinski definition) is 3. The van der Waals surface area contributed by atoms with Gasteiger partial charge in [-0.2, -0.15) is 0 Å². The highest BCUT2D eigenvalue weighted by Gasteiger charge is 2.27. The van der Waals surface area contributed by atoms with Crippen LogP contribution in [0.4, 0.5) is 10.1 Å². The monoisotopic (exact) mass is 278 g/mol. The van der Waals surface area contributed by atoms with Crippen molar-refractivity contribution in [3.05, 3.63) is 29.1 Å². The number of aliphatic hydroxyl groups excluding tert-OH is 1. The lowest BCUT2D eigenvalue weighted by atomic mass is 9.86. The van der Waals surface area contributed by atoms with Gasteiger partial charge in [0.25, 0.3) is 0 Å². The van der Waals surface area contributed by atoms with Gasteiger partial charge in [-0.1, -0.05) is 0 Å². The van der Waals surface area contributed by atoms with Gasteiger partial charge in [-0.05, 0) is 56.0 Å². The summed E-state index contributed by atoms with van der Waals surface area (Å²) in [5, 5.41) is 16.3. The summed E-state index contributed by atoms with van der Waals surface area (Å²) in [6.07, 6.45) is 1.97. The normalized spacial score (nSPS) is 21.2. The van der Waals surface area contributed by atoms with E-state index in [-0.39, 0.29) is 11.8 Å². The third-order valence-electron chi connectivity index (χ3n) is 4.27. The van der Waals surface area contributed by atoms with Crippen molar-refractivity contribution in [2.24, 2.45) is 5.92 Å². The predicted molar refractivity (Wildman–Crippen MR) is 73.9 cm³/mol. The number of fused-ring (bicyclic) bond motifs is 1. The van der Waals surface area contributed by atoms with Gasteiger partial charge in [0.05, 0.1) is 6.10 Å². The smallest absolute Gasteiger partial charge is 0.224 e. The van der Waals surface area contributed by atoms with E-state index in [1.807, 2.05) is 0 Å². The number of anilines is 1. The lowest BCUT2D eigenvalue weighted by molar-refractivity contribution is -0.116. The maximum absolute atomic E-state index is 14.2. The van der Waals surface area contributed by atoms with Crippen LogP contribution in [0.15, 0.2) is 12.1 Å². The molecule has 1 fully saturated rings. The molecule has 1 aromatic carbocycles. The summed E-state index contributed by atoms with van der Waals surface area (Å²) in [6, 6.07) is 3.06. The summed E-state index contributed by atoms with van der Waals surface area (Å²) in [7, 11) is 0. The second-order valence-corrected chi connectivity index (χ2v) is 5.61. The molecule has 2 aliphatic heterocycles. The third kappa shape index (κ3) is 2.55. The molecular weight excluding hydrogens is 259 g/mol. The van der Waals surface area contributed by atoms with Crippen molar-refractivity contribution in [2.45, 2.75) is 31.8 Å². The molecule has 4 nitrogen and oxygen atoms in total. The summed E-state index contributed by atoms with van der Waals surface area (Å²) in [4.78, 5) is 11.3. The summed E-state index contributed by atoms with van der Waals surface area (Å²) < 4.78 is 14.2. The molecule has 1 unspecified atom stereocenters. The molecule has 3 rings (SSSR count). The van der Waals surface area contributed by atoms with Crippen molar-refractivity contribution in [1.29, 1.82) is 0 Å². The number of benzene rings is 1. The van der Waals surface area contributed by atoms with E-state index in [9.17, 15) is 14.3 Å². The molecule has 108 valence electrons. The van der Waals surface area contributed by atoms with Crippen molar-refractivity contribution in [1.82, 2.24) is 5.32 Å². The Labute approximate surface area is 117 Å². The van der Waals surface area contributed by atoms with Crippen LogP contribution in [0.1, 0.15) is 36.5 Å². The van der Waals surface area contributed by atoms with Crippen molar-refractivity contribution >= 4 is 11.6 Å². The van der Waals surface area contributed by atoms with Gasteiger partial charge in [0.15, 0.2) is 0 Å². The van der Waals surface area contributed by atoms with Gasteiger partial charge in [0.1, 0.15) is 5.82 Å². The van der Waals surface area contributed by atoms with E-state index < -0.39 is 11.9 Å². The minimum absolute atomic E-state index is 0.0800. The Morgan fingerprint density at radius 1 is 1.25 bits per heavy atom. The van der Waals surface area contributed by atoms with Crippen LogP contribution in [-0.4, -0.2) is 24.1 Å². The highest BCUT2D eigenvalue weighted by Crippen LogP contribution is 2.34. The second-order valence-electron chi connectivity index (χ2n) is 5.61. The van der Waals surface area contributed by atoms with Crippen molar-refractivity contribution in [3.8, 4) is 0 Å². The molecule has 2 aliphatic rings. The first-order valence-corrected chi connectivity index (χ1v) is 7.16. The van der Waals surface area contributed by atoms with Crippen molar-refractivity contribution < 1.29 is 14.3 Å². The summed E-state index contributed by atoms with van der Waals surface area (Å²) in [6.45, 7) is 1.73. The summed E-state index contributed by atoms with van der Waals surface area (Å²) in [5.41, 5.74) is 1.82. The molecule has 1 atom stereocenters. The summed E-state index contributed by atoms with van der Waals surface area (Å²) >= 11 is 0. The number of halogens is 1. The Morgan fingerprint density at radius 2 is 2.00 bits per heavy atom. The third-order valence-corrected chi connectivity index (χ3v) is 4.27. The quantitative estimate of drug-likeness (QED) is 0.772. The average molecular weight is 278 g/mol. The molecule has 0 aromatic heterocycles. The Bertz CT molecular complexity index is 527. The topological polar surface area (TPSA) is 61.4 Å². The molecule has 5 heteroatoms. The lowest BCUT2D eigenvalue weighted by Crippen LogP contribution is -2.31. The first-order valence-electron chi connectivity index (χ1n) is 7.16. The van der Waals surface area contributed by atoms with Crippen LogP contribution < -0.4 is 10.6 Å². The van der Waals surface area contributed by atoms with Gasteiger partial charge in [-0.15, -0.1) is 0 Å². The number of aliphatic hydroxyl groups is 1. The van der Waals surface area contributed by atoms with Gasteiger partial charge in [0, 0.05) is 17.7 Å². The Kier molecular flexibility index (Phi) is 3.72.